The highest BCUT2D eigenvalue weighted by Crippen LogP contribution is 2.49. The maximum absolute atomic E-state index is 13.2. The Kier molecular flexibility index (Phi) is 5.35. The van der Waals surface area contributed by atoms with Crippen molar-refractivity contribution in [1.82, 2.24) is 5.32 Å². The summed E-state index contributed by atoms with van der Waals surface area (Å²) in [4.78, 5) is 14.3. The average Bonchev–Trinajstić information content (AvgIpc) is 3.31. The quantitative estimate of drug-likeness (QED) is 0.689. The fraction of sp³-hybridized carbons (Fsp3) is 0.435. The minimum Gasteiger partial charge on any atom is -0.352 e. The van der Waals surface area contributed by atoms with E-state index in [2.05, 4.69) is 36.5 Å². The second kappa shape index (κ2) is 7.87. The Bertz CT molecular complexity index is 732. The molecular formula is C23H27NOS. The van der Waals surface area contributed by atoms with Crippen LogP contribution in [0.3, 0.4) is 0 Å². The van der Waals surface area contributed by atoms with Crippen LogP contribution in [0.15, 0.2) is 65.6 Å². The number of amides is 1. The Balaban J connectivity index is 1.48. The van der Waals surface area contributed by atoms with Gasteiger partial charge in [-0.25, -0.2) is 0 Å². The number of hydrogen-bond donors (Lipinski definition) is 1. The summed E-state index contributed by atoms with van der Waals surface area (Å²) in [5.74, 6) is 2.54. The molecule has 1 amide bonds. The molecule has 0 radical (unpaired) electrons. The Hall–Kier alpha value is -1.74. The number of rotatable bonds is 6. The van der Waals surface area contributed by atoms with Crippen LogP contribution in [-0.4, -0.2) is 11.9 Å². The van der Waals surface area contributed by atoms with Gasteiger partial charge in [0, 0.05) is 10.9 Å². The second-order valence-corrected chi connectivity index (χ2v) is 9.04. The maximum Gasteiger partial charge on any atom is 0.238 e. The van der Waals surface area contributed by atoms with Crippen LogP contribution in [-0.2, 0) is 4.79 Å². The van der Waals surface area contributed by atoms with E-state index in [4.69, 9.17) is 0 Å². The summed E-state index contributed by atoms with van der Waals surface area (Å²) in [6.07, 6.45) is 5.44. The molecule has 5 atom stereocenters. The monoisotopic (exact) mass is 365 g/mol. The Morgan fingerprint density at radius 2 is 1.69 bits per heavy atom. The number of fused-ring (bicyclic) bond motifs is 2. The van der Waals surface area contributed by atoms with E-state index >= 15 is 0 Å². The molecule has 2 aromatic carbocycles. The summed E-state index contributed by atoms with van der Waals surface area (Å²) >= 11 is 1.64. The lowest BCUT2D eigenvalue weighted by atomic mass is 9.84. The molecule has 2 saturated carbocycles. The van der Waals surface area contributed by atoms with Crippen LogP contribution >= 0.6 is 11.8 Å². The molecule has 2 bridgehead atoms. The third-order valence-corrected chi connectivity index (χ3v) is 7.41. The molecule has 2 aliphatic carbocycles. The van der Waals surface area contributed by atoms with Crippen molar-refractivity contribution in [2.45, 2.75) is 48.8 Å². The van der Waals surface area contributed by atoms with Gasteiger partial charge in [-0.1, -0.05) is 55.0 Å². The Morgan fingerprint density at radius 3 is 2.31 bits per heavy atom. The molecule has 1 N–H and O–H groups in total. The summed E-state index contributed by atoms with van der Waals surface area (Å²) in [5, 5.41) is 3.16. The van der Waals surface area contributed by atoms with Crippen molar-refractivity contribution in [2.24, 2.45) is 17.8 Å². The highest BCUT2D eigenvalue weighted by atomic mass is 32.2. The van der Waals surface area contributed by atoms with E-state index in [0.29, 0.717) is 5.92 Å². The Labute approximate surface area is 160 Å². The molecule has 0 unspecified atom stereocenters. The van der Waals surface area contributed by atoms with Gasteiger partial charge >= 0.3 is 0 Å². The van der Waals surface area contributed by atoms with Crippen molar-refractivity contribution in [2.75, 3.05) is 0 Å². The largest absolute Gasteiger partial charge is 0.352 e. The molecule has 0 aliphatic heterocycles. The highest BCUT2D eigenvalue weighted by molar-refractivity contribution is 8.00. The molecular weight excluding hydrogens is 338 g/mol. The van der Waals surface area contributed by atoms with Crippen LogP contribution in [0, 0.1) is 17.8 Å². The number of thioether (sulfide) groups is 1. The van der Waals surface area contributed by atoms with Gasteiger partial charge in [-0.2, -0.15) is 0 Å². The molecule has 0 aromatic heterocycles. The van der Waals surface area contributed by atoms with E-state index in [1.54, 1.807) is 11.8 Å². The number of carbonyl (C=O) groups excluding carboxylic acids is 1. The first kappa shape index (κ1) is 17.7. The third-order valence-electron chi connectivity index (χ3n) is 6.14. The van der Waals surface area contributed by atoms with Crippen molar-refractivity contribution >= 4 is 17.7 Å². The summed E-state index contributed by atoms with van der Waals surface area (Å²) < 4.78 is 0. The van der Waals surface area contributed by atoms with Crippen molar-refractivity contribution in [3.63, 3.8) is 0 Å². The smallest absolute Gasteiger partial charge is 0.238 e. The van der Waals surface area contributed by atoms with E-state index in [9.17, 15) is 4.79 Å². The Morgan fingerprint density at radius 1 is 1.00 bits per heavy atom. The fourth-order valence-corrected chi connectivity index (χ4v) is 5.90. The molecule has 2 nitrogen and oxygen atoms in total. The molecule has 136 valence electrons. The van der Waals surface area contributed by atoms with Crippen LogP contribution in [0.5, 0.6) is 0 Å². The molecule has 3 heteroatoms. The van der Waals surface area contributed by atoms with Crippen LogP contribution in [0.25, 0.3) is 0 Å². The van der Waals surface area contributed by atoms with Gasteiger partial charge in [0.05, 0.1) is 0 Å². The highest BCUT2D eigenvalue weighted by Gasteiger charge is 2.42. The van der Waals surface area contributed by atoms with Crippen LogP contribution in [0.1, 0.15) is 43.4 Å². The predicted molar refractivity (Wildman–Crippen MR) is 108 cm³/mol. The maximum atomic E-state index is 13.2. The lowest BCUT2D eigenvalue weighted by molar-refractivity contribution is -0.121. The minimum atomic E-state index is -0.209. The minimum absolute atomic E-state index is 0.139. The molecule has 26 heavy (non-hydrogen) atoms. The van der Waals surface area contributed by atoms with Gasteiger partial charge in [-0.05, 0) is 61.6 Å². The molecule has 0 heterocycles. The topological polar surface area (TPSA) is 29.1 Å². The molecule has 4 rings (SSSR count). The van der Waals surface area contributed by atoms with E-state index in [0.717, 1.165) is 22.3 Å². The van der Waals surface area contributed by atoms with Gasteiger partial charge in [-0.3, -0.25) is 4.79 Å². The third kappa shape index (κ3) is 3.83. The number of benzene rings is 2. The lowest BCUT2D eigenvalue weighted by Gasteiger charge is -2.30. The van der Waals surface area contributed by atoms with Gasteiger partial charge in [-0.15, -0.1) is 11.8 Å². The van der Waals surface area contributed by atoms with Crippen molar-refractivity contribution in [3.05, 3.63) is 66.2 Å². The van der Waals surface area contributed by atoms with Crippen LogP contribution in [0.4, 0.5) is 0 Å². The summed E-state index contributed by atoms with van der Waals surface area (Å²) in [6.45, 7) is 2.21. The number of nitrogens with one attached hydrogen (secondary N) is 1. The van der Waals surface area contributed by atoms with Gasteiger partial charge in [0.25, 0.3) is 0 Å². The molecule has 0 spiro atoms. The zero-order valence-electron chi connectivity index (χ0n) is 15.3. The SMILES string of the molecule is C[C@H](NC(=O)[C@H](Sc1ccccc1)c1ccccc1)[C@H]1C[C@H]2CC[C@H]1C2. The van der Waals surface area contributed by atoms with E-state index in [1.165, 1.54) is 25.7 Å². The van der Waals surface area contributed by atoms with Crippen molar-refractivity contribution in [1.29, 1.82) is 0 Å². The first-order chi connectivity index (χ1) is 12.7. The standard InChI is InChI=1S/C23H27NOS/c1-16(21-15-17-12-13-19(21)14-17)24-23(25)22(18-8-4-2-5-9-18)26-20-10-6-3-7-11-20/h2-11,16-17,19,21-22H,12-15H2,1H3,(H,24,25)/t16-,17-,19-,21+,22+/m0/s1. The van der Waals surface area contributed by atoms with Gasteiger partial charge in [0.15, 0.2) is 0 Å². The van der Waals surface area contributed by atoms with Crippen LogP contribution in [0.2, 0.25) is 0 Å². The van der Waals surface area contributed by atoms with Crippen molar-refractivity contribution in [3.8, 4) is 0 Å². The fourth-order valence-electron chi connectivity index (χ4n) is 4.85. The normalized spacial score (nSPS) is 26.4. The molecule has 2 fully saturated rings. The zero-order chi connectivity index (χ0) is 17.9. The lowest BCUT2D eigenvalue weighted by Crippen LogP contribution is -2.41. The predicted octanol–water partition coefficient (Wildman–Crippen LogP) is 5.46. The summed E-state index contributed by atoms with van der Waals surface area (Å²) in [7, 11) is 0. The number of carbonyl (C=O) groups is 1. The average molecular weight is 366 g/mol. The second-order valence-electron chi connectivity index (χ2n) is 7.86. The van der Waals surface area contributed by atoms with E-state index < -0.39 is 0 Å². The molecule has 0 saturated heterocycles. The summed E-state index contributed by atoms with van der Waals surface area (Å²) in [5.41, 5.74) is 1.07. The van der Waals surface area contributed by atoms with Gasteiger partial charge < -0.3 is 5.32 Å². The molecule has 2 aromatic rings. The van der Waals surface area contributed by atoms with E-state index in [-0.39, 0.29) is 17.2 Å². The number of hydrogen-bond acceptors (Lipinski definition) is 2. The summed E-state index contributed by atoms with van der Waals surface area (Å²) in [6, 6.07) is 20.6. The molecule has 2 aliphatic rings. The van der Waals surface area contributed by atoms with Gasteiger partial charge in [0.1, 0.15) is 5.25 Å². The first-order valence-corrected chi connectivity index (χ1v) is 10.7. The van der Waals surface area contributed by atoms with Crippen molar-refractivity contribution < 1.29 is 4.79 Å². The van der Waals surface area contributed by atoms with Crippen LogP contribution < -0.4 is 5.32 Å². The first-order valence-electron chi connectivity index (χ1n) is 9.77. The van der Waals surface area contributed by atoms with Gasteiger partial charge in [0.2, 0.25) is 5.91 Å². The zero-order valence-corrected chi connectivity index (χ0v) is 16.1. The van der Waals surface area contributed by atoms with E-state index in [1.807, 2.05) is 36.4 Å².